The molecule has 188 valence electrons. The van der Waals surface area contributed by atoms with Crippen molar-refractivity contribution in [3.63, 3.8) is 0 Å². The number of halogens is 3. The molecule has 4 rings (SSSR count). The molecule has 4 aromatic rings. The van der Waals surface area contributed by atoms with E-state index in [9.17, 15) is 18.0 Å². The van der Waals surface area contributed by atoms with E-state index in [0.29, 0.717) is 29.2 Å². The molecule has 36 heavy (non-hydrogen) atoms. The second-order valence-electron chi connectivity index (χ2n) is 8.65. The van der Waals surface area contributed by atoms with Crippen LogP contribution in [0.1, 0.15) is 48.6 Å². The summed E-state index contributed by atoms with van der Waals surface area (Å²) in [4.78, 5) is 17.5. The number of amides is 1. The molecule has 1 N–H and O–H groups in total. The summed E-state index contributed by atoms with van der Waals surface area (Å²) in [6.45, 7) is 6.05. The van der Waals surface area contributed by atoms with Crippen LogP contribution in [-0.2, 0) is 6.54 Å². The fourth-order valence-corrected chi connectivity index (χ4v) is 4.39. The Kier molecular flexibility index (Phi) is 7.59. The van der Waals surface area contributed by atoms with Crippen LogP contribution in [0.4, 0.5) is 13.2 Å². The molecule has 0 saturated carbocycles. The molecule has 9 heteroatoms. The monoisotopic (exact) mass is 513 g/mol. The largest absolute Gasteiger partial charge is 0.483 e. The number of thioether (sulfide) groups is 1. The highest BCUT2D eigenvalue weighted by molar-refractivity contribution is 8.00. The van der Waals surface area contributed by atoms with Gasteiger partial charge in [-0.1, -0.05) is 30.3 Å². The van der Waals surface area contributed by atoms with Gasteiger partial charge in [-0.3, -0.25) is 4.79 Å². The van der Waals surface area contributed by atoms with Crippen molar-refractivity contribution in [2.45, 2.75) is 49.9 Å². The number of para-hydroxylation sites is 1. The highest BCUT2D eigenvalue weighted by Crippen LogP contribution is 2.37. The van der Waals surface area contributed by atoms with E-state index in [0.717, 1.165) is 11.1 Å². The lowest BCUT2D eigenvalue weighted by Gasteiger charge is -2.17. The van der Waals surface area contributed by atoms with Crippen LogP contribution >= 0.6 is 11.8 Å². The van der Waals surface area contributed by atoms with Gasteiger partial charge in [0, 0.05) is 23.0 Å². The smallest absolute Gasteiger partial charge is 0.446 e. The number of benzene rings is 3. The number of hydrogen-bond acceptors (Lipinski definition) is 4. The number of carbonyl (C=O) groups is 1. The number of ether oxygens (including phenoxy) is 1. The van der Waals surface area contributed by atoms with E-state index in [4.69, 9.17) is 9.72 Å². The second-order valence-corrected chi connectivity index (χ2v) is 9.79. The van der Waals surface area contributed by atoms with Crippen LogP contribution < -0.4 is 10.1 Å². The number of nitrogens with zero attached hydrogens (tertiary/aromatic N) is 2. The molecular formula is C27H26F3N3O2S. The van der Waals surface area contributed by atoms with Crippen LogP contribution in [0.15, 0.2) is 77.7 Å². The molecule has 1 atom stereocenters. The summed E-state index contributed by atoms with van der Waals surface area (Å²) in [5.74, 6) is 1.15. The molecule has 1 aromatic heterocycles. The van der Waals surface area contributed by atoms with Crippen molar-refractivity contribution < 1.29 is 22.7 Å². The molecule has 0 radical (unpaired) electrons. The number of carbonyl (C=O) groups excluding carboxylic acids is 1. The van der Waals surface area contributed by atoms with Gasteiger partial charge >= 0.3 is 5.51 Å². The lowest BCUT2D eigenvalue weighted by molar-refractivity contribution is -0.0328. The number of aromatic nitrogens is 2. The van der Waals surface area contributed by atoms with Gasteiger partial charge in [0.15, 0.2) is 11.9 Å². The third-order valence-electron chi connectivity index (χ3n) is 5.38. The highest BCUT2D eigenvalue weighted by atomic mass is 32.2. The molecule has 0 aliphatic carbocycles. The van der Waals surface area contributed by atoms with Crippen LogP contribution in [-0.4, -0.2) is 27.0 Å². The number of imidazole rings is 1. The number of nitrogens with one attached hydrogen (secondary N) is 1. The summed E-state index contributed by atoms with van der Waals surface area (Å²) in [6, 6.07) is 21.0. The third kappa shape index (κ3) is 6.40. The van der Waals surface area contributed by atoms with Crippen molar-refractivity contribution in [3.8, 4) is 5.75 Å². The average Bonchev–Trinajstić information content (AvgIpc) is 3.17. The van der Waals surface area contributed by atoms with Crippen molar-refractivity contribution in [2.75, 3.05) is 0 Å². The van der Waals surface area contributed by atoms with E-state index < -0.39 is 11.6 Å². The summed E-state index contributed by atoms with van der Waals surface area (Å²) in [6.07, 6.45) is -0.423. The van der Waals surface area contributed by atoms with Gasteiger partial charge in [-0.05, 0) is 80.6 Å². The topological polar surface area (TPSA) is 56.1 Å². The molecule has 0 fully saturated rings. The van der Waals surface area contributed by atoms with Crippen molar-refractivity contribution in [1.29, 1.82) is 0 Å². The van der Waals surface area contributed by atoms with E-state index in [1.165, 1.54) is 12.1 Å². The van der Waals surface area contributed by atoms with E-state index in [1.807, 2.05) is 61.7 Å². The summed E-state index contributed by atoms with van der Waals surface area (Å²) in [5.41, 5.74) is -1.59. The first-order valence-corrected chi connectivity index (χ1v) is 12.3. The van der Waals surface area contributed by atoms with Gasteiger partial charge in [0.1, 0.15) is 5.75 Å². The molecule has 1 heterocycles. The minimum atomic E-state index is -4.33. The predicted octanol–water partition coefficient (Wildman–Crippen LogP) is 6.97. The average molecular weight is 514 g/mol. The van der Waals surface area contributed by atoms with Crippen molar-refractivity contribution in [2.24, 2.45) is 0 Å². The molecule has 0 aliphatic heterocycles. The Bertz CT molecular complexity index is 1340. The quantitative estimate of drug-likeness (QED) is 0.259. The van der Waals surface area contributed by atoms with Gasteiger partial charge in [-0.2, -0.15) is 13.2 Å². The molecule has 0 bridgehead atoms. The third-order valence-corrected chi connectivity index (χ3v) is 6.12. The van der Waals surface area contributed by atoms with Gasteiger partial charge in [-0.25, -0.2) is 4.98 Å². The Hall–Kier alpha value is -3.46. The number of alkyl halides is 3. The molecular weight excluding hydrogens is 487 g/mol. The van der Waals surface area contributed by atoms with Gasteiger partial charge in [0.25, 0.3) is 5.91 Å². The van der Waals surface area contributed by atoms with Gasteiger partial charge < -0.3 is 14.6 Å². The van der Waals surface area contributed by atoms with Crippen molar-refractivity contribution in [3.05, 3.63) is 89.7 Å². The summed E-state index contributed by atoms with van der Waals surface area (Å²) in [7, 11) is 0. The number of hydrogen-bond donors (Lipinski definition) is 1. The predicted molar refractivity (Wildman–Crippen MR) is 135 cm³/mol. The van der Waals surface area contributed by atoms with E-state index in [1.54, 1.807) is 24.3 Å². The lowest BCUT2D eigenvalue weighted by Crippen LogP contribution is -2.29. The summed E-state index contributed by atoms with van der Waals surface area (Å²) < 4.78 is 46.2. The molecule has 5 nitrogen and oxygen atoms in total. The zero-order valence-electron chi connectivity index (χ0n) is 20.0. The maximum absolute atomic E-state index is 12.7. The van der Waals surface area contributed by atoms with E-state index in [-0.39, 0.29) is 28.6 Å². The standard InChI is InChI=1S/C27H26F3N3O2S/c1-17(2)31-26(34)20-11-14-24-23(15-20)32-25(18(3)35-21-7-5-4-6-8-21)33(24)16-19-9-12-22(13-10-19)36-27(28,29)30/h4-15,17-18H,16H2,1-3H3,(H,31,34). The minimum absolute atomic E-state index is 0.000842. The first kappa shape index (κ1) is 25.6. The van der Waals surface area contributed by atoms with Crippen molar-refractivity contribution in [1.82, 2.24) is 14.9 Å². The van der Waals surface area contributed by atoms with Crippen LogP contribution in [0, 0.1) is 0 Å². The van der Waals surface area contributed by atoms with Crippen LogP contribution in [0.5, 0.6) is 5.75 Å². The molecule has 0 spiro atoms. The van der Waals surface area contributed by atoms with Crippen LogP contribution in [0.2, 0.25) is 0 Å². The molecule has 0 aliphatic rings. The van der Waals surface area contributed by atoms with E-state index >= 15 is 0 Å². The number of fused-ring (bicyclic) bond motifs is 1. The molecule has 1 unspecified atom stereocenters. The maximum Gasteiger partial charge on any atom is 0.446 e. The number of rotatable bonds is 8. The van der Waals surface area contributed by atoms with Crippen LogP contribution in [0.25, 0.3) is 11.0 Å². The fraction of sp³-hybridized carbons (Fsp3) is 0.259. The second kappa shape index (κ2) is 10.7. The zero-order valence-corrected chi connectivity index (χ0v) is 20.9. The van der Waals surface area contributed by atoms with Crippen molar-refractivity contribution >= 4 is 28.7 Å². The first-order chi connectivity index (χ1) is 17.1. The summed E-state index contributed by atoms with van der Waals surface area (Å²) >= 11 is -0.139. The first-order valence-electron chi connectivity index (χ1n) is 11.5. The van der Waals surface area contributed by atoms with Gasteiger partial charge in [0.05, 0.1) is 11.0 Å². The Morgan fingerprint density at radius 2 is 1.72 bits per heavy atom. The molecule has 1 amide bonds. The normalized spacial score (nSPS) is 12.6. The highest BCUT2D eigenvalue weighted by Gasteiger charge is 2.29. The summed E-state index contributed by atoms with van der Waals surface area (Å²) in [5, 5.41) is 2.88. The Morgan fingerprint density at radius 3 is 2.36 bits per heavy atom. The Balaban J connectivity index is 1.69. The van der Waals surface area contributed by atoms with Crippen LogP contribution in [0.3, 0.4) is 0 Å². The zero-order chi connectivity index (χ0) is 25.9. The fourth-order valence-electron chi connectivity index (χ4n) is 3.85. The molecule has 0 saturated heterocycles. The van der Waals surface area contributed by atoms with Gasteiger partial charge in [0.2, 0.25) is 0 Å². The Labute approximate surface area is 211 Å². The SMILES string of the molecule is CC(C)NC(=O)c1ccc2c(c1)nc(C(C)Oc1ccccc1)n2Cc1ccc(SC(F)(F)F)cc1. The Morgan fingerprint density at radius 1 is 1.03 bits per heavy atom. The van der Waals surface area contributed by atoms with Gasteiger partial charge in [-0.15, -0.1) is 0 Å². The molecule has 3 aromatic carbocycles. The minimum Gasteiger partial charge on any atom is -0.483 e. The van der Waals surface area contributed by atoms with E-state index in [2.05, 4.69) is 5.32 Å². The lowest BCUT2D eigenvalue weighted by atomic mass is 10.1. The maximum atomic E-state index is 12.7.